The highest BCUT2D eigenvalue weighted by molar-refractivity contribution is 5.79. The van der Waals surface area contributed by atoms with Gasteiger partial charge in [-0.2, -0.15) is 0 Å². The minimum absolute atomic E-state index is 0.219. The number of aryl methyl sites for hydroxylation is 1. The molecule has 0 amide bonds. The van der Waals surface area contributed by atoms with Gasteiger partial charge in [0.15, 0.2) is 5.96 Å². The van der Waals surface area contributed by atoms with Crippen LogP contribution in [0.4, 0.5) is 0 Å². The van der Waals surface area contributed by atoms with Gasteiger partial charge in [-0.05, 0) is 18.4 Å². The van der Waals surface area contributed by atoms with Gasteiger partial charge in [0.1, 0.15) is 0 Å². The van der Waals surface area contributed by atoms with E-state index < -0.39 is 0 Å². The van der Waals surface area contributed by atoms with Gasteiger partial charge in [0.2, 0.25) is 0 Å². The van der Waals surface area contributed by atoms with E-state index >= 15 is 0 Å². The summed E-state index contributed by atoms with van der Waals surface area (Å²) in [4.78, 5) is 9.07. The molecule has 1 atom stereocenters. The molecule has 0 bridgehead atoms. The monoisotopic (exact) mass is 346 g/mol. The van der Waals surface area contributed by atoms with Crippen LogP contribution in [0, 0.1) is 12.8 Å². The number of ether oxygens (including phenoxy) is 1. The van der Waals surface area contributed by atoms with Gasteiger partial charge in [0.05, 0.1) is 12.7 Å². The Balaban J connectivity index is 1.81. The van der Waals surface area contributed by atoms with Crippen LogP contribution >= 0.6 is 0 Å². The maximum absolute atomic E-state index is 5.92. The van der Waals surface area contributed by atoms with Crippen molar-refractivity contribution >= 4 is 5.96 Å². The van der Waals surface area contributed by atoms with Crippen LogP contribution in [0.3, 0.4) is 0 Å². The average molecular weight is 347 g/mol. The highest BCUT2D eigenvalue weighted by atomic mass is 16.5. The van der Waals surface area contributed by atoms with Crippen LogP contribution in [0.25, 0.3) is 0 Å². The number of benzene rings is 1. The summed E-state index contributed by atoms with van der Waals surface area (Å²) in [6.07, 6.45) is 0.219. The molecule has 1 aromatic carbocycles. The number of nitrogens with one attached hydrogen (secondary N) is 1. The van der Waals surface area contributed by atoms with E-state index in [0.717, 1.165) is 45.3 Å². The Labute approximate surface area is 153 Å². The molecule has 0 radical (unpaired) electrons. The number of aliphatic imine (C=N–C) groups is 1. The lowest BCUT2D eigenvalue weighted by molar-refractivity contribution is -0.0286. The van der Waals surface area contributed by atoms with Crippen LogP contribution in [-0.2, 0) is 11.3 Å². The lowest BCUT2D eigenvalue weighted by Gasteiger charge is -2.34. The molecule has 1 fully saturated rings. The zero-order chi connectivity index (χ0) is 18.2. The molecule has 5 nitrogen and oxygen atoms in total. The molecule has 1 aliphatic heterocycles. The summed E-state index contributed by atoms with van der Waals surface area (Å²) in [6, 6.07) is 8.65. The van der Waals surface area contributed by atoms with Crippen molar-refractivity contribution in [1.29, 1.82) is 0 Å². The highest BCUT2D eigenvalue weighted by Crippen LogP contribution is 2.08. The van der Waals surface area contributed by atoms with Gasteiger partial charge in [-0.1, -0.05) is 43.7 Å². The van der Waals surface area contributed by atoms with Gasteiger partial charge >= 0.3 is 0 Å². The number of nitrogens with zero attached hydrogens (tertiary/aromatic N) is 3. The molecule has 1 heterocycles. The quantitative estimate of drug-likeness (QED) is 0.634. The summed E-state index contributed by atoms with van der Waals surface area (Å²) in [6.45, 7) is 12.3. The highest BCUT2D eigenvalue weighted by Gasteiger charge is 2.21. The molecule has 140 valence electrons. The van der Waals surface area contributed by atoms with Gasteiger partial charge in [-0.15, -0.1) is 0 Å². The zero-order valence-electron chi connectivity index (χ0n) is 16.5. The molecule has 0 aromatic heterocycles. The Morgan fingerprint density at radius 1 is 1.36 bits per heavy atom. The summed E-state index contributed by atoms with van der Waals surface area (Å²) in [5.41, 5.74) is 2.57. The standard InChI is InChI=1S/C20H34N4O/c1-16(2)13-24-10-11-25-19(15-24)12-22-20(21-4)23(5)14-18-8-6-17(3)7-9-18/h6-9,16,19H,10-15H2,1-5H3,(H,21,22). The summed E-state index contributed by atoms with van der Waals surface area (Å²) in [7, 11) is 3.91. The lowest BCUT2D eigenvalue weighted by Crippen LogP contribution is -2.50. The van der Waals surface area contributed by atoms with Crippen molar-refractivity contribution < 1.29 is 4.74 Å². The van der Waals surface area contributed by atoms with E-state index in [1.54, 1.807) is 0 Å². The number of rotatable bonds is 6. The minimum atomic E-state index is 0.219. The fourth-order valence-electron chi connectivity index (χ4n) is 3.22. The van der Waals surface area contributed by atoms with E-state index in [-0.39, 0.29) is 6.10 Å². The molecule has 0 aliphatic carbocycles. The van der Waals surface area contributed by atoms with Crippen LogP contribution in [-0.4, -0.2) is 68.7 Å². The third kappa shape index (κ3) is 6.67. The van der Waals surface area contributed by atoms with E-state index in [4.69, 9.17) is 4.74 Å². The fraction of sp³-hybridized carbons (Fsp3) is 0.650. The minimum Gasteiger partial charge on any atom is -0.374 e. The first-order valence-corrected chi connectivity index (χ1v) is 9.29. The Morgan fingerprint density at radius 3 is 2.72 bits per heavy atom. The van der Waals surface area contributed by atoms with Crippen molar-refractivity contribution in [3.8, 4) is 0 Å². The van der Waals surface area contributed by atoms with E-state index in [0.29, 0.717) is 5.92 Å². The van der Waals surface area contributed by atoms with E-state index in [1.807, 2.05) is 7.05 Å². The number of morpholine rings is 1. The number of guanidine groups is 1. The first-order chi connectivity index (χ1) is 12.0. The van der Waals surface area contributed by atoms with Gasteiger partial charge < -0.3 is 15.0 Å². The van der Waals surface area contributed by atoms with Gasteiger partial charge in [-0.3, -0.25) is 9.89 Å². The topological polar surface area (TPSA) is 40.1 Å². The van der Waals surface area contributed by atoms with E-state index in [2.05, 4.69) is 72.2 Å². The first-order valence-electron chi connectivity index (χ1n) is 9.29. The van der Waals surface area contributed by atoms with E-state index in [9.17, 15) is 0 Å². The number of hydrogen-bond donors (Lipinski definition) is 1. The molecule has 1 unspecified atom stereocenters. The molecule has 1 saturated heterocycles. The third-order valence-electron chi connectivity index (χ3n) is 4.45. The lowest BCUT2D eigenvalue weighted by atomic mass is 10.1. The Morgan fingerprint density at radius 2 is 2.08 bits per heavy atom. The second-order valence-electron chi connectivity index (χ2n) is 7.42. The average Bonchev–Trinajstić information content (AvgIpc) is 2.57. The first kappa shape index (κ1) is 19.7. The molecule has 0 saturated carbocycles. The van der Waals surface area contributed by atoms with Crippen molar-refractivity contribution in [2.24, 2.45) is 10.9 Å². The predicted octanol–water partition coefficient (Wildman–Crippen LogP) is 2.36. The maximum atomic E-state index is 5.92. The van der Waals surface area contributed by atoms with E-state index in [1.165, 1.54) is 11.1 Å². The van der Waals surface area contributed by atoms with Crippen molar-refractivity contribution in [1.82, 2.24) is 15.1 Å². The molecular weight excluding hydrogens is 312 g/mol. The van der Waals surface area contributed by atoms with Crippen molar-refractivity contribution in [3.05, 3.63) is 35.4 Å². The van der Waals surface area contributed by atoms with Crippen LogP contribution in [0.2, 0.25) is 0 Å². The van der Waals surface area contributed by atoms with Gasteiger partial charge in [-0.25, -0.2) is 0 Å². The molecule has 1 N–H and O–H groups in total. The van der Waals surface area contributed by atoms with Crippen molar-refractivity contribution in [2.75, 3.05) is 46.9 Å². The number of hydrogen-bond acceptors (Lipinski definition) is 3. The molecular formula is C20H34N4O. The molecule has 0 spiro atoms. The SMILES string of the molecule is CN=C(NCC1CN(CC(C)C)CCO1)N(C)Cc1ccc(C)cc1. The van der Waals surface area contributed by atoms with Crippen LogP contribution < -0.4 is 5.32 Å². The van der Waals surface area contributed by atoms with Gasteiger partial charge in [0, 0.05) is 46.8 Å². The third-order valence-corrected chi connectivity index (χ3v) is 4.45. The second kappa shape index (κ2) is 9.78. The summed E-state index contributed by atoms with van der Waals surface area (Å²) >= 11 is 0. The predicted molar refractivity (Wildman–Crippen MR) is 105 cm³/mol. The Kier molecular flexibility index (Phi) is 7.72. The van der Waals surface area contributed by atoms with Crippen molar-refractivity contribution in [2.45, 2.75) is 33.4 Å². The van der Waals surface area contributed by atoms with Crippen LogP contribution in [0.5, 0.6) is 0 Å². The second-order valence-corrected chi connectivity index (χ2v) is 7.42. The maximum Gasteiger partial charge on any atom is 0.193 e. The summed E-state index contributed by atoms with van der Waals surface area (Å²) < 4.78 is 5.92. The fourth-order valence-corrected chi connectivity index (χ4v) is 3.22. The normalized spacial score (nSPS) is 19.3. The zero-order valence-corrected chi connectivity index (χ0v) is 16.5. The van der Waals surface area contributed by atoms with Crippen LogP contribution in [0.15, 0.2) is 29.3 Å². The molecule has 1 aromatic rings. The molecule has 2 rings (SSSR count). The smallest absolute Gasteiger partial charge is 0.193 e. The van der Waals surface area contributed by atoms with Crippen molar-refractivity contribution in [3.63, 3.8) is 0 Å². The molecule has 1 aliphatic rings. The largest absolute Gasteiger partial charge is 0.374 e. The Bertz CT molecular complexity index is 541. The molecule has 5 heteroatoms. The summed E-state index contributed by atoms with van der Waals surface area (Å²) in [5, 5.41) is 3.47. The summed E-state index contributed by atoms with van der Waals surface area (Å²) in [5.74, 6) is 1.60. The van der Waals surface area contributed by atoms with Gasteiger partial charge in [0.25, 0.3) is 0 Å². The molecule has 25 heavy (non-hydrogen) atoms. The Hall–Kier alpha value is -1.59. The van der Waals surface area contributed by atoms with Crippen LogP contribution in [0.1, 0.15) is 25.0 Å².